The predicted octanol–water partition coefficient (Wildman–Crippen LogP) is 3.22. The normalized spacial score (nSPS) is 13.8. The van der Waals surface area contributed by atoms with Crippen LogP contribution in [0.5, 0.6) is 0 Å². The molecule has 0 atom stereocenters. The maximum absolute atomic E-state index is 13.1. The van der Waals surface area contributed by atoms with Gasteiger partial charge in [0.05, 0.1) is 11.3 Å². The van der Waals surface area contributed by atoms with Crippen molar-refractivity contribution in [3.8, 4) is 5.69 Å². The summed E-state index contributed by atoms with van der Waals surface area (Å²) in [6.45, 7) is 7.73. The van der Waals surface area contributed by atoms with E-state index in [9.17, 15) is 9.90 Å². The van der Waals surface area contributed by atoms with Crippen molar-refractivity contribution in [2.75, 3.05) is 11.9 Å². The number of nitrogens with zero attached hydrogens (tertiary/aromatic N) is 4. The quantitative estimate of drug-likeness (QED) is 0.437. The van der Waals surface area contributed by atoms with Crippen LogP contribution in [0.25, 0.3) is 16.7 Å². The maximum Gasteiger partial charge on any atom is 0.278 e. The molecule has 0 bridgehead atoms. The first-order valence-electron chi connectivity index (χ1n) is 11.3. The summed E-state index contributed by atoms with van der Waals surface area (Å²) >= 11 is 0. The largest absolute Gasteiger partial charge is 0.386 e. The van der Waals surface area contributed by atoms with Crippen LogP contribution in [0.4, 0.5) is 11.6 Å². The van der Waals surface area contributed by atoms with Gasteiger partial charge in [0.15, 0.2) is 5.65 Å². The summed E-state index contributed by atoms with van der Waals surface area (Å²) in [5.74, 6) is 0.423. The average molecular weight is 445 g/mol. The van der Waals surface area contributed by atoms with Crippen LogP contribution >= 0.6 is 0 Å². The molecular weight excluding hydrogens is 416 g/mol. The van der Waals surface area contributed by atoms with Crippen LogP contribution in [0.2, 0.25) is 0 Å². The van der Waals surface area contributed by atoms with Crippen molar-refractivity contribution >= 4 is 22.7 Å². The highest BCUT2D eigenvalue weighted by Gasteiger charge is 2.20. The van der Waals surface area contributed by atoms with E-state index in [1.807, 2.05) is 37.3 Å². The van der Waals surface area contributed by atoms with Gasteiger partial charge in [0.2, 0.25) is 5.95 Å². The summed E-state index contributed by atoms with van der Waals surface area (Å²) in [5.41, 5.74) is 4.42. The Labute approximate surface area is 191 Å². The molecule has 0 saturated heterocycles. The average Bonchev–Trinajstić information content (AvgIpc) is 3.09. The Kier molecular flexibility index (Phi) is 5.26. The Bertz CT molecular complexity index is 1400. The highest BCUT2D eigenvalue weighted by molar-refractivity contribution is 5.77. The molecule has 33 heavy (non-hydrogen) atoms. The molecule has 0 spiro atoms. The third kappa shape index (κ3) is 3.92. The smallest absolute Gasteiger partial charge is 0.278 e. The topological polar surface area (TPSA) is 97.0 Å². The minimum absolute atomic E-state index is 0.146. The van der Waals surface area contributed by atoms with E-state index in [-0.39, 0.29) is 5.56 Å². The van der Waals surface area contributed by atoms with Gasteiger partial charge in [0, 0.05) is 25.0 Å². The van der Waals surface area contributed by atoms with Gasteiger partial charge in [-0.2, -0.15) is 4.98 Å². The van der Waals surface area contributed by atoms with E-state index in [4.69, 9.17) is 4.98 Å². The molecular formula is C25H28N6O2. The zero-order chi connectivity index (χ0) is 23.2. The number of benzene rings is 2. The molecule has 0 radical (unpaired) electrons. The SMILES string of the molecule is CCn1c(=O)c2cnc(Nc3ccc4c(c3)CNCC4)nc2n1-c1cccc(C(C)(C)O)c1. The molecule has 0 saturated carbocycles. The Morgan fingerprint density at radius 1 is 1.18 bits per heavy atom. The summed E-state index contributed by atoms with van der Waals surface area (Å²) in [7, 11) is 0. The fourth-order valence-corrected chi connectivity index (χ4v) is 4.34. The van der Waals surface area contributed by atoms with Crippen LogP contribution in [0.3, 0.4) is 0 Å². The first-order chi connectivity index (χ1) is 15.8. The van der Waals surface area contributed by atoms with Crippen LogP contribution in [0, 0.1) is 0 Å². The van der Waals surface area contributed by atoms with Crippen molar-refractivity contribution in [1.82, 2.24) is 24.6 Å². The molecule has 4 aromatic rings. The Morgan fingerprint density at radius 3 is 2.82 bits per heavy atom. The molecule has 0 fully saturated rings. The van der Waals surface area contributed by atoms with Crippen LogP contribution in [0.15, 0.2) is 53.5 Å². The lowest BCUT2D eigenvalue weighted by Gasteiger charge is -2.19. The Morgan fingerprint density at radius 2 is 2.03 bits per heavy atom. The number of fused-ring (bicyclic) bond motifs is 2. The lowest BCUT2D eigenvalue weighted by atomic mass is 9.98. The molecule has 3 heterocycles. The molecule has 3 N–H and O–H groups in total. The van der Waals surface area contributed by atoms with Crippen LogP contribution in [0.1, 0.15) is 37.5 Å². The van der Waals surface area contributed by atoms with Gasteiger partial charge in [-0.15, -0.1) is 0 Å². The first kappa shape index (κ1) is 21.4. The molecule has 2 aromatic heterocycles. The van der Waals surface area contributed by atoms with Crippen LogP contribution in [-0.2, 0) is 25.1 Å². The Balaban J connectivity index is 1.60. The molecule has 2 aromatic carbocycles. The lowest BCUT2D eigenvalue weighted by molar-refractivity contribution is 0.0786. The van der Waals surface area contributed by atoms with E-state index < -0.39 is 5.60 Å². The number of aromatic nitrogens is 4. The molecule has 8 heteroatoms. The second kappa shape index (κ2) is 8.13. The Hall–Kier alpha value is -3.49. The van der Waals surface area contributed by atoms with E-state index in [0.29, 0.717) is 23.5 Å². The molecule has 170 valence electrons. The molecule has 0 unspecified atom stereocenters. The fourth-order valence-electron chi connectivity index (χ4n) is 4.34. The third-order valence-corrected chi connectivity index (χ3v) is 6.12. The van der Waals surface area contributed by atoms with Gasteiger partial charge >= 0.3 is 0 Å². The maximum atomic E-state index is 13.1. The van der Waals surface area contributed by atoms with E-state index in [2.05, 4.69) is 27.8 Å². The van der Waals surface area contributed by atoms with E-state index in [0.717, 1.165) is 36.4 Å². The molecule has 8 nitrogen and oxygen atoms in total. The monoisotopic (exact) mass is 444 g/mol. The molecule has 1 aliphatic rings. The summed E-state index contributed by atoms with van der Waals surface area (Å²) in [6.07, 6.45) is 2.61. The lowest BCUT2D eigenvalue weighted by Crippen LogP contribution is -2.23. The van der Waals surface area contributed by atoms with E-state index >= 15 is 0 Å². The van der Waals surface area contributed by atoms with Crippen molar-refractivity contribution in [3.05, 3.63) is 75.7 Å². The third-order valence-electron chi connectivity index (χ3n) is 6.12. The van der Waals surface area contributed by atoms with Gasteiger partial charge in [0.1, 0.15) is 5.39 Å². The van der Waals surface area contributed by atoms with Crippen molar-refractivity contribution in [2.24, 2.45) is 0 Å². The van der Waals surface area contributed by atoms with Crippen molar-refractivity contribution in [3.63, 3.8) is 0 Å². The minimum Gasteiger partial charge on any atom is -0.386 e. The fraction of sp³-hybridized carbons (Fsp3) is 0.320. The highest BCUT2D eigenvalue weighted by Crippen LogP contribution is 2.25. The van der Waals surface area contributed by atoms with Crippen LogP contribution < -0.4 is 16.2 Å². The zero-order valence-corrected chi connectivity index (χ0v) is 19.1. The predicted molar refractivity (Wildman–Crippen MR) is 129 cm³/mol. The standard InChI is InChI=1S/C25H28N6O2/c1-4-30-23(32)21-15-27-24(28-19-9-8-16-10-11-26-14-17(16)12-19)29-22(21)31(30)20-7-5-6-18(13-20)25(2,3)33/h5-9,12-13,15,26,33H,4,10-11,14H2,1-3H3,(H,27,28,29). The highest BCUT2D eigenvalue weighted by atomic mass is 16.3. The molecule has 0 aliphatic carbocycles. The van der Waals surface area contributed by atoms with Gasteiger partial charge in [-0.25, -0.2) is 14.3 Å². The van der Waals surface area contributed by atoms with Crippen molar-refractivity contribution in [2.45, 2.75) is 45.9 Å². The summed E-state index contributed by atoms with van der Waals surface area (Å²) in [5, 5.41) is 17.6. The minimum atomic E-state index is -1.00. The van der Waals surface area contributed by atoms with Gasteiger partial charge in [-0.1, -0.05) is 18.2 Å². The van der Waals surface area contributed by atoms with Crippen molar-refractivity contribution < 1.29 is 5.11 Å². The number of rotatable bonds is 5. The van der Waals surface area contributed by atoms with E-state index in [1.165, 1.54) is 11.1 Å². The second-order valence-electron chi connectivity index (χ2n) is 8.91. The van der Waals surface area contributed by atoms with Gasteiger partial charge in [-0.05, 0) is 74.7 Å². The summed E-state index contributed by atoms with van der Waals surface area (Å²) < 4.78 is 3.44. The van der Waals surface area contributed by atoms with Crippen LogP contribution in [-0.4, -0.2) is 31.0 Å². The number of nitrogens with one attached hydrogen (secondary N) is 2. The zero-order valence-electron chi connectivity index (χ0n) is 19.1. The number of hydrogen-bond acceptors (Lipinski definition) is 6. The number of hydrogen-bond donors (Lipinski definition) is 3. The van der Waals surface area contributed by atoms with Gasteiger partial charge < -0.3 is 15.7 Å². The first-order valence-corrected chi connectivity index (χ1v) is 11.3. The molecule has 5 rings (SSSR count). The molecule has 1 aliphatic heterocycles. The molecule has 0 amide bonds. The second-order valence-corrected chi connectivity index (χ2v) is 8.91. The van der Waals surface area contributed by atoms with Crippen molar-refractivity contribution in [1.29, 1.82) is 0 Å². The summed E-state index contributed by atoms with van der Waals surface area (Å²) in [6, 6.07) is 13.8. The summed E-state index contributed by atoms with van der Waals surface area (Å²) in [4.78, 5) is 22.2. The van der Waals surface area contributed by atoms with Gasteiger partial charge in [-0.3, -0.25) is 4.79 Å². The van der Waals surface area contributed by atoms with Gasteiger partial charge in [0.25, 0.3) is 5.56 Å². The number of aliphatic hydroxyl groups is 1. The van der Waals surface area contributed by atoms with E-state index in [1.54, 1.807) is 29.4 Å². The number of anilines is 2.